The molecule has 10 heteroatoms. The van der Waals surface area contributed by atoms with Crippen molar-refractivity contribution in [3.63, 3.8) is 0 Å². The van der Waals surface area contributed by atoms with E-state index in [1.54, 1.807) is 32.5 Å². The van der Waals surface area contributed by atoms with Gasteiger partial charge in [0.1, 0.15) is 28.5 Å². The summed E-state index contributed by atoms with van der Waals surface area (Å²) < 4.78 is 44.5. The third-order valence-electron chi connectivity index (χ3n) is 4.57. The Morgan fingerprint density at radius 1 is 1.06 bits per heavy atom. The van der Waals surface area contributed by atoms with E-state index in [0.29, 0.717) is 36.9 Å². The Kier molecular flexibility index (Phi) is 8.43. The van der Waals surface area contributed by atoms with Gasteiger partial charge < -0.3 is 18.8 Å². The lowest BCUT2D eigenvalue weighted by Gasteiger charge is -2.14. The van der Waals surface area contributed by atoms with Crippen LogP contribution >= 0.6 is 15.9 Å². The van der Waals surface area contributed by atoms with Gasteiger partial charge in [-0.1, -0.05) is 0 Å². The van der Waals surface area contributed by atoms with Crippen LogP contribution in [0.5, 0.6) is 5.75 Å². The standard InChI is InChI=1S/C22H22BrF2N3O4/c1-14-7-20(32-12-15-3-4-16(24)8-19(15)25)21(23)22(29)28(14)11-17-9-27-18(10-26-17)13-31-6-5-30-2/h3-4,7-10H,5-6,11-13H2,1-2H3. The van der Waals surface area contributed by atoms with E-state index >= 15 is 0 Å². The van der Waals surface area contributed by atoms with E-state index < -0.39 is 11.6 Å². The molecule has 0 aliphatic heterocycles. The maximum atomic E-state index is 13.8. The van der Waals surface area contributed by atoms with Crippen LogP contribution in [0.4, 0.5) is 8.78 Å². The van der Waals surface area contributed by atoms with Crippen molar-refractivity contribution >= 4 is 15.9 Å². The minimum absolute atomic E-state index is 0.146. The zero-order valence-electron chi connectivity index (χ0n) is 17.6. The SMILES string of the molecule is COCCOCc1cnc(Cn2c(C)cc(OCc3ccc(F)cc3F)c(Br)c2=O)cn1. The van der Waals surface area contributed by atoms with E-state index in [4.69, 9.17) is 14.2 Å². The van der Waals surface area contributed by atoms with Gasteiger partial charge in [-0.15, -0.1) is 0 Å². The van der Waals surface area contributed by atoms with Crippen LogP contribution in [0.3, 0.4) is 0 Å². The van der Waals surface area contributed by atoms with Crippen molar-refractivity contribution in [2.45, 2.75) is 26.7 Å². The van der Waals surface area contributed by atoms with E-state index in [2.05, 4.69) is 25.9 Å². The molecule has 0 aliphatic carbocycles. The van der Waals surface area contributed by atoms with Gasteiger partial charge in [-0.05, 0) is 35.0 Å². The Bertz CT molecular complexity index is 1120. The molecule has 0 unspecified atom stereocenters. The van der Waals surface area contributed by atoms with Crippen molar-refractivity contribution in [2.75, 3.05) is 20.3 Å². The van der Waals surface area contributed by atoms with Crippen LogP contribution in [0.1, 0.15) is 22.6 Å². The number of aromatic nitrogens is 3. The van der Waals surface area contributed by atoms with Crippen molar-refractivity contribution in [1.29, 1.82) is 0 Å². The number of rotatable bonds is 10. The summed E-state index contributed by atoms with van der Waals surface area (Å²) in [5.74, 6) is -1.11. The van der Waals surface area contributed by atoms with Crippen molar-refractivity contribution in [3.05, 3.63) is 85.8 Å². The van der Waals surface area contributed by atoms with E-state index in [1.165, 1.54) is 10.6 Å². The van der Waals surface area contributed by atoms with Crippen LogP contribution in [-0.4, -0.2) is 34.9 Å². The first-order valence-corrected chi connectivity index (χ1v) is 10.5. The summed E-state index contributed by atoms with van der Waals surface area (Å²) in [6, 6.07) is 4.91. The second-order valence-electron chi connectivity index (χ2n) is 6.92. The maximum absolute atomic E-state index is 13.8. The zero-order valence-corrected chi connectivity index (χ0v) is 19.2. The summed E-state index contributed by atoms with van der Waals surface area (Å²) in [7, 11) is 1.60. The fourth-order valence-electron chi connectivity index (χ4n) is 2.83. The second kappa shape index (κ2) is 11.3. The summed E-state index contributed by atoms with van der Waals surface area (Å²) in [5.41, 5.74) is 1.76. The molecular formula is C22H22BrF2N3O4. The van der Waals surface area contributed by atoms with Gasteiger partial charge in [0.25, 0.3) is 5.56 Å². The van der Waals surface area contributed by atoms with Crippen molar-refractivity contribution in [2.24, 2.45) is 0 Å². The molecule has 32 heavy (non-hydrogen) atoms. The third kappa shape index (κ3) is 6.18. The molecule has 0 bridgehead atoms. The quantitative estimate of drug-likeness (QED) is 0.387. The molecule has 3 aromatic rings. The minimum Gasteiger partial charge on any atom is -0.487 e. The fourth-order valence-corrected chi connectivity index (χ4v) is 3.27. The number of hydrogen-bond acceptors (Lipinski definition) is 6. The van der Waals surface area contributed by atoms with Gasteiger partial charge in [0.05, 0.1) is 50.1 Å². The van der Waals surface area contributed by atoms with Crippen LogP contribution in [0.15, 0.2) is 45.9 Å². The summed E-state index contributed by atoms with van der Waals surface area (Å²) in [6.45, 7) is 3.11. The first kappa shape index (κ1) is 24.0. The average Bonchev–Trinajstić information content (AvgIpc) is 2.78. The van der Waals surface area contributed by atoms with Gasteiger partial charge >= 0.3 is 0 Å². The summed E-state index contributed by atoms with van der Waals surface area (Å²) in [5, 5.41) is 0. The van der Waals surface area contributed by atoms with Crippen molar-refractivity contribution in [1.82, 2.24) is 14.5 Å². The fraction of sp³-hybridized carbons (Fsp3) is 0.318. The molecule has 0 amide bonds. The highest BCUT2D eigenvalue weighted by Crippen LogP contribution is 2.24. The van der Waals surface area contributed by atoms with Crippen LogP contribution in [0, 0.1) is 18.6 Å². The molecule has 0 saturated carbocycles. The zero-order chi connectivity index (χ0) is 23.1. The number of methoxy groups -OCH3 is 1. The molecule has 170 valence electrons. The molecule has 3 rings (SSSR count). The summed E-state index contributed by atoms with van der Waals surface area (Å²) in [4.78, 5) is 21.5. The van der Waals surface area contributed by atoms with Gasteiger partial charge in [-0.3, -0.25) is 14.8 Å². The molecule has 0 fully saturated rings. The highest BCUT2D eigenvalue weighted by Gasteiger charge is 2.14. The van der Waals surface area contributed by atoms with E-state index in [0.717, 1.165) is 12.1 Å². The molecule has 2 aromatic heterocycles. The normalized spacial score (nSPS) is 11.0. The molecule has 0 radical (unpaired) electrons. The maximum Gasteiger partial charge on any atom is 0.269 e. The Labute approximate surface area is 192 Å². The number of ether oxygens (including phenoxy) is 3. The molecule has 7 nitrogen and oxygen atoms in total. The summed E-state index contributed by atoms with van der Waals surface area (Å²) >= 11 is 3.26. The minimum atomic E-state index is -0.711. The summed E-state index contributed by atoms with van der Waals surface area (Å²) in [6.07, 6.45) is 3.20. The smallest absolute Gasteiger partial charge is 0.269 e. The molecule has 0 aliphatic rings. The topological polar surface area (TPSA) is 75.5 Å². The predicted molar refractivity (Wildman–Crippen MR) is 116 cm³/mol. The third-order valence-corrected chi connectivity index (χ3v) is 5.30. The highest BCUT2D eigenvalue weighted by molar-refractivity contribution is 9.10. The lowest BCUT2D eigenvalue weighted by atomic mass is 10.2. The predicted octanol–water partition coefficient (Wildman–Crippen LogP) is 3.78. The largest absolute Gasteiger partial charge is 0.487 e. The molecule has 0 atom stereocenters. The molecule has 0 N–H and O–H groups in total. The van der Waals surface area contributed by atoms with Gasteiger partial charge in [-0.2, -0.15) is 0 Å². The van der Waals surface area contributed by atoms with Gasteiger partial charge in [-0.25, -0.2) is 8.78 Å². The molecule has 0 spiro atoms. The number of nitrogens with zero attached hydrogens (tertiary/aromatic N) is 3. The molecule has 2 heterocycles. The van der Waals surface area contributed by atoms with Gasteiger partial charge in [0.15, 0.2) is 0 Å². The van der Waals surface area contributed by atoms with Crippen LogP contribution in [0.2, 0.25) is 0 Å². The number of halogens is 3. The van der Waals surface area contributed by atoms with Crippen LogP contribution in [0.25, 0.3) is 0 Å². The molecule has 0 saturated heterocycles. The van der Waals surface area contributed by atoms with E-state index in [9.17, 15) is 13.6 Å². The monoisotopic (exact) mass is 509 g/mol. The van der Waals surface area contributed by atoms with Crippen LogP contribution in [-0.2, 0) is 29.2 Å². The first-order chi connectivity index (χ1) is 15.4. The van der Waals surface area contributed by atoms with Crippen LogP contribution < -0.4 is 10.3 Å². The van der Waals surface area contributed by atoms with Gasteiger partial charge in [0.2, 0.25) is 0 Å². The number of aryl methyl sites for hydroxylation is 1. The Balaban J connectivity index is 1.69. The highest BCUT2D eigenvalue weighted by atomic mass is 79.9. The number of pyridine rings is 1. The van der Waals surface area contributed by atoms with Crippen molar-refractivity contribution in [3.8, 4) is 5.75 Å². The van der Waals surface area contributed by atoms with Gasteiger partial charge in [0, 0.05) is 30.5 Å². The Morgan fingerprint density at radius 3 is 2.50 bits per heavy atom. The first-order valence-electron chi connectivity index (χ1n) is 9.72. The van der Waals surface area contributed by atoms with E-state index in [1.807, 2.05) is 0 Å². The second-order valence-corrected chi connectivity index (χ2v) is 7.72. The molecular weight excluding hydrogens is 488 g/mol. The van der Waals surface area contributed by atoms with E-state index in [-0.39, 0.29) is 34.5 Å². The number of benzene rings is 1. The Morgan fingerprint density at radius 2 is 1.81 bits per heavy atom. The lowest BCUT2D eigenvalue weighted by molar-refractivity contribution is 0.0600. The molecule has 1 aromatic carbocycles. The van der Waals surface area contributed by atoms with Crippen molar-refractivity contribution < 1.29 is 23.0 Å². The number of hydrogen-bond donors (Lipinski definition) is 0. The average molecular weight is 510 g/mol. The lowest BCUT2D eigenvalue weighted by Crippen LogP contribution is -2.24. The Hall–Kier alpha value is -2.69.